The van der Waals surface area contributed by atoms with E-state index in [9.17, 15) is 9.59 Å². The molecule has 1 atom stereocenters. The second-order valence-corrected chi connectivity index (χ2v) is 6.21. The van der Waals surface area contributed by atoms with Crippen LogP contribution in [0.1, 0.15) is 24.0 Å². The van der Waals surface area contributed by atoms with Crippen LogP contribution >= 0.6 is 11.3 Å². The lowest BCUT2D eigenvalue weighted by Crippen LogP contribution is -2.36. The minimum absolute atomic E-state index is 0.0259. The van der Waals surface area contributed by atoms with E-state index >= 15 is 0 Å². The predicted octanol–water partition coefficient (Wildman–Crippen LogP) is 1.41. The molecule has 2 heterocycles. The summed E-state index contributed by atoms with van der Waals surface area (Å²) in [6, 6.07) is 0. The molecule has 104 valence electrons. The van der Waals surface area contributed by atoms with Crippen molar-refractivity contribution in [2.75, 3.05) is 20.2 Å². The van der Waals surface area contributed by atoms with E-state index in [1.807, 2.05) is 19.2 Å². The van der Waals surface area contributed by atoms with Crippen LogP contribution in [0.3, 0.4) is 0 Å². The van der Waals surface area contributed by atoms with Crippen molar-refractivity contribution in [2.24, 2.45) is 5.41 Å². The first-order valence-electron chi connectivity index (χ1n) is 6.22. The number of hydrogen-bond acceptors (Lipinski definition) is 5. The maximum absolute atomic E-state index is 12.2. The molecule has 5 nitrogen and oxygen atoms in total. The fourth-order valence-corrected chi connectivity index (χ4v) is 2.96. The average Bonchev–Trinajstić information content (AvgIpc) is 2.96. The van der Waals surface area contributed by atoms with Gasteiger partial charge in [-0.1, -0.05) is 0 Å². The molecular weight excluding hydrogens is 264 g/mol. The largest absolute Gasteiger partial charge is 0.469 e. The maximum Gasteiger partial charge on any atom is 0.313 e. The summed E-state index contributed by atoms with van der Waals surface area (Å²) in [5.74, 6) is -0.217. The van der Waals surface area contributed by atoms with Crippen LogP contribution < -0.4 is 0 Å². The fourth-order valence-electron chi connectivity index (χ4n) is 2.34. The van der Waals surface area contributed by atoms with Crippen LogP contribution in [0.25, 0.3) is 0 Å². The van der Waals surface area contributed by atoms with Gasteiger partial charge < -0.3 is 9.64 Å². The summed E-state index contributed by atoms with van der Waals surface area (Å²) in [6.07, 6.45) is 0.961. The van der Waals surface area contributed by atoms with Crippen molar-refractivity contribution in [3.05, 3.63) is 16.1 Å². The van der Waals surface area contributed by atoms with Crippen LogP contribution in [0.15, 0.2) is 5.38 Å². The van der Waals surface area contributed by atoms with Crippen LogP contribution in [0.4, 0.5) is 0 Å². The third-order valence-electron chi connectivity index (χ3n) is 3.50. The van der Waals surface area contributed by atoms with Crippen molar-refractivity contribution < 1.29 is 14.3 Å². The molecule has 0 aromatic carbocycles. The number of amides is 1. The molecule has 1 fully saturated rings. The van der Waals surface area contributed by atoms with Gasteiger partial charge in [0.05, 0.1) is 29.6 Å². The van der Waals surface area contributed by atoms with E-state index in [1.165, 1.54) is 7.11 Å². The van der Waals surface area contributed by atoms with Crippen molar-refractivity contribution in [2.45, 2.75) is 26.7 Å². The van der Waals surface area contributed by atoms with E-state index in [2.05, 4.69) is 4.98 Å². The number of carbonyl (C=O) groups is 2. The van der Waals surface area contributed by atoms with E-state index in [-0.39, 0.29) is 11.9 Å². The number of likely N-dealkylation sites (tertiary alicyclic amines) is 1. The molecule has 1 amide bonds. The summed E-state index contributed by atoms with van der Waals surface area (Å²) in [5.41, 5.74) is 0.238. The van der Waals surface area contributed by atoms with Crippen LogP contribution in [0.5, 0.6) is 0 Å². The second kappa shape index (κ2) is 5.28. The van der Waals surface area contributed by atoms with Gasteiger partial charge in [0.1, 0.15) is 0 Å². The minimum atomic E-state index is -0.567. The summed E-state index contributed by atoms with van der Waals surface area (Å²) in [7, 11) is 1.39. The Kier molecular flexibility index (Phi) is 3.89. The van der Waals surface area contributed by atoms with Gasteiger partial charge in [-0.3, -0.25) is 9.59 Å². The number of aryl methyl sites for hydroxylation is 1. The molecule has 0 spiro atoms. The Labute approximate surface area is 116 Å². The number of ether oxygens (including phenoxy) is 1. The number of aromatic nitrogens is 1. The lowest BCUT2D eigenvalue weighted by molar-refractivity contribution is -0.151. The number of thiazole rings is 1. The van der Waals surface area contributed by atoms with Gasteiger partial charge in [0.2, 0.25) is 5.91 Å². The zero-order valence-corrected chi connectivity index (χ0v) is 12.2. The second-order valence-electron chi connectivity index (χ2n) is 5.15. The van der Waals surface area contributed by atoms with Crippen molar-refractivity contribution in [1.29, 1.82) is 0 Å². The summed E-state index contributed by atoms with van der Waals surface area (Å²) in [6.45, 7) is 4.80. The number of hydrogen-bond donors (Lipinski definition) is 0. The summed E-state index contributed by atoms with van der Waals surface area (Å²) in [5, 5.41) is 2.87. The first kappa shape index (κ1) is 14.0. The molecule has 1 saturated heterocycles. The maximum atomic E-state index is 12.2. The van der Waals surface area contributed by atoms with Crippen molar-refractivity contribution in [1.82, 2.24) is 9.88 Å². The highest BCUT2D eigenvalue weighted by molar-refractivity contribution is 7.09. The zero-order valence-electron chi connectivity index (χ0n) is 11.4. The Morgan fingerprint density at radius 3 is 2.89 bits per heavy atom. The smallest absolute Gasteiger partial charge is 0.313 e. The van der Waals surface area contributed by atoms with Crippen molar-refractivity contribution in [3.63, 3.8) is 0 Å². The normalized spacial score (nSPS) is 22.6. The molecule has 1 aromatic rings. The molecule has 19 heavy (non-hydrogen) atoms. The molecule has 2 rings (SSSR count). The average molecular weight is 282 g/mol. The van der Waals surface area contributed by atoms with Crippen LogP contribution in [-0.4, -0.2) is 42.0 Å². The van der Waals surface area contributed by atoms with E-state index in [0.717, 1.165) is 10.7 Å². The zero-order chi connectivity index (χ0) is 14.0. The first-order chi connectivity index (χ1) is 8.94. The SMILES string of the molecule is COC(=O)[C@]1(C)CCN(C(=O)Cc2csc(C)n2)C1. The molecule has 0 saturated carbocycles. The molecule has 0 unspecified atom stereocenters. The van der Waals surface area contributed by atoms with E-state index in [4.69, 9.17) is 4.74 Å². The molecule has 0 radical (unpaired) electrons. The highest BCUT2D eigenvalue weighted by Gasteiger charge is 2.42. The molecule has 0 bridgehead atoms. The summed E-state index contributed by atoms with van der Waals surface area (Å²) in [4.78, 5) is 29.9. The molecule has 1 aromatic heterocycles. The third-order valence-corrected chi connectivity index (χ3v) is 4.33. The van der Waals surface area contributed by atoms with E-state index < -0.39 is 5.41 Å². The highest BCUT2D eigenvalue weighted by atomic mass is 32.1. The molecule has 6 heteroatoms. The number of methoxy groups -OCH3 is 1. The van der Waals surface area contributed by atoms with Gasteiger partial charge in [-0.2, -0.15) is 0 Å². The van der Waals surface area contributed by atoms with Gasteiger partial charge in [-0.05, 0) is 20.3 Å². The topological polar surface area (TPSA) is 59.5 Å². The Morgan fingerprint density at radius 2 is 2.32 bits per heavy atom. The monoisotopic (exact) mass is 282 g/mol. The summed E-state index contributed by atoms with van der Waals surface area (Å²) < 4.78 is 4.80. The van der Waals surface area contributed by atoms with Crippen molar-refractivity contribution >= 4 is 23.2 Å². The number of esters is 1. The Balaban J connectivity index is 1.97. The van der Waals surface area contributed by atoms with Gasteiger partial charge in [0, 0.05) is 18.5 Å². The fraction of sp³-hybridized carbons (Fsp3) is 0.615. The van der Waals surface area contributed by atoms with Crippen molar-refractivity contribution in [3.8, 4) is 0 Å². The quantitative estimate of drug-likeness (QED) is 0.786. The van der Waals surface area contributed by atoms with Crippen LogP contribution in [-0.2, 0) is 20.7 Å². The third kappa shape index (κ3) is 2.94. The Morgan fingerprint density at radius 1 is 1.58 bits per heavy atom. The lowest BCUT2D eigenvalue weighted by atomic mass is 9.90. The number of rotatable bonds is 3. The van der Waals surface area contributed by atoms with E-state index in [1.54, 1.807) is 16.2 Å². The van der Waals surface area contributed by atoms with Gasteiger partial charge in [0.15, 0.2) is 0 Å². The molecule has 1 aliphatic rings. The van der Waals surface area contributed by atoms with Crippen LogP contribution in [0, 0.1) is 12.3 Å². The van der Waals surface area contributed by atoms with Crippen LogP contribution in [0.2, 0.25) is 0 Å². The molecule has 0 aliphatic carbocycles. The van der Waals surface area contributed by atoms with Gasteiger partial charge in [-0.15, -0.1) is 11.3 Å². The molecule has 0 N–H and O–H groups in total. The number of carbonyl (C=O) groups excluding carboxylic acids is 2. The molecule has 1 aliphatic heterocycles. The van der Waals surface area contributed by atoms with Gasteiger partial charge in [0.25, 0.3) is 0 Å². The number of nitrogens with zero attached hydrogens (tertiary/aromatic N) is 2. The van der Waals surface area contributed by atoms with E-state index in [0.29, 0.717) is 25.9 Å². The first-order valence-corrected chi connectivity index (χ1v) is 7.10. The summed E-state index contributed by atoms with van der Waals surface area (Å²) >= 11 is 1.54. The minimum Gasteiger partial charge on any atom is -0.469 e. The highest BCUT2D eigenvalue weighted by Crippen LogP contribution is 2.31. The standard InChI is InChI=1S/C13H18N2O3S/c1-9-14-10(7-19-9)6-11(16)15-5-4-13(2,8-15)12(17)18-3/h7H,4-6,8H2,1-3H3/t13-/m1/s1. The Bertz CT molecular complexity index is 500. The van der Waals surface area contributed by atoms with Gasteiger partial charge in [-0.25, -0.2) is 4.98 Å². The Hall–Kier alpha value is -1.43. The lowest BCUT2D eigenvalue weighted by Gasteiger charge is -2.21. The predicted molar refractivity (Wildman–Crippen MR) is 71.9 cm³/mol. The molecular formula is C13H18N2O3S. The van der Waals surface area contributed by atoms with Gasteiger partial charge >= 0.3 is 5.97 Å².